The molecule has 1 fully saturated rings. The standard InChI is InChI=1S/C25H26N2O4/c1-17-10-11-23(30-17)20(27-12-14-29-15-13-27)16-26-25(28)24-18-6-2-4-8-21(18)31-22-9-5-3-7-19(22)24/h2-11,20,24H,12-16H2,1H3,(H,26,28). The summed E-state index contributed by atoms with van der Waals surface area (Å²) in [6.07, 6.45) is 0. The van der Waals surface area contributed by atoms with Crippen molar-refractivity contribution in [1.29, 1.82) is 0 Å². The van der Waals surface area contributed by atoms with Crippen molar-refractivity contribution in [3.8, 4) is 11.5 Å². The summed E-state index contributed by atoms with van der Waals surface area (Å²) in [5.41, 5.74) is 1.77. The third kappa shape index (κ3) is 3.96. The van der Waals surface area contributed by atoms with Gasteiger partial charge < -0.3 is 19.2 Å². The van der Waals surface area contributed by atoms with Gasteiger partial charge in [0.25, 0.3) is 0 Å². The second-order valence-corrected chi connectivity index (χ2v) is 7.97. The fourth-order valence-corrected chi connectivity index (χ4v) is 4.42. The minimum absolute atomic E-state index is 0.0353. The predicted molar refractivity (Wildman–Crippen MR) is 116 cm³/mol. The number of carbonyl (C=O) groups excluding carboxylic acids is 1. The number of aryl methyl sites for hydroxylation is 1. The fraction of sp³-hybridized carbons (Fsp3) is 0.320. The van der Waals surface area contributed by atoms with Crippen LogP contribution in [0.15, 0.2) is 65.1 Å². The molecule has 1 unspecified atom stereocenters. The maximum atomic E-state index is 13.5. The lowest BCUT2D eigenvalue weighted by molar-refractivity contribution is -0.122. The van der Waals surface area contributed by atoms with Crippen molar-refractivity contribution in [2.75, 3.05) is 32.8 Å². The van der Waals surface area contributed by atoms with Crippen LogP contribution in [-0.2, 0) is 9.53 Å². The fourth-order valence-electron chi connectivity index (χ4n) is 4.42. The number of ether oxygens (including phenoxy) is 2. The third-order valence-corrected chi connectivity index (χ3v) is 5.99. The maximum Gasteiger partial charge on any atom is 0.232 e. The molecule has 3 heterocycles. The summed E-state index contributed by atoms with van der Waals surface area (Å²) < 4.78 is 17.5. The third-order valence-electron chi connectivity index (χ3n) is 5.99. The van der Waals surface area contributed by atoms with Crippen molar-refractivity contribution in [3.05, 3.63) is 83.3 Å². The van der Waals surface area contributed by atoms with Crippen LogP contribution in [0.25, 0.3) is 0 Å². The summed E-state index contributed by atoms with van der Waals surface area (Å²) in [4.78, 5) is 15.8. The zero-order valence-electron chi connectivity index (χ0n) is 17.5. The number of nitrogens with one attached hydrogen (secondary N) is 1. The zero-order valence-corrected chi connectivity index (χ0v) is 17.5. The number of furan rings is 1. The van der Waals surface area contributed by atoms with Crippen LogP contribution in [-0.4, -0.2) is 43.7 Å². The lowest BCUT2D eigenvalue weighted by Crippen LogP contribution is -2.44. The van der Waals surface area contributed by atoms with Gasteiger partial charge in [-0.25, -0.2) is 0 Å². The molecule has 1 aromatic heterocycles. The Morgan fingerprint density at radius 3 is 2.26 bits per heavy atom. The SMILES string of the molecule is Cc1ccc(C(CNC(=O)C2c3ccccc3Oc3ccccc32)N2CCOCC2)o1. The smallest absolute Gasteiger partial charge is 0.232 e. The van der Waals surface area contributed by atoms with Crippen LogP contribution < -0.4 is 10.1 Å². The molecule has 3 aromatic rings. The highest BCUT2D eigenvalue weighted by Gasteiger charge is 2.33. The van der Waals surface area contributed by atoms with Crippen LogP contribution >= 0.6 is 0 Å². The number of hydrogen-bond donors (Lipinski definition) is 1. The quantitative estimate of drug-likeness (QED) is 0.678. The molecule has 1 saturated heterocycles. The number of hydrogen-bond acceptors (Lipinski definition) is 5. The topological polar surface area (TPSA) is 63.9 Å². The molecule has 6 nitrogen and oxygen atoms in total. The van der Waals surface area contributed by atoms with Gasteiger partial charge in [0.15, 0.2) is 0 Å². The van der Waals surface area contributed by atoms with E-state index in [9.17, 15) is 4.79 Å². The molecule has 5 rings (SSSR count). The number of carbonyl (C=O) groups is 1. The van der Waals surface area contributed by atoms with Crippen LogP contribution in [0.3, 0.4) is 0 Å². The summed E-state index contributed by atoms with van der Waals surface area (Å²) in [6, 6.07) is 19.4. The van der Waals surface area contributed by atoms with Gasteiger partial charge in [0.2, 0.25) is 5.91 Å². The van der Waals surface area contributed by atoms with Gasteiger partial charge in [0, 0.05) is 30.8 Å². The number of nitrogens with zero attached hydrogens (tertiary/aromatic N) is 1. The van der Waals surface area contributed by atoms with E-state index >= 15 is 0 Å². The first kappa shape index (κ1) is 19.8. The molecule has 0 bridgehead atoms. The van der Waals surface area contributed by atoms with Gasteiger partial charge in [0.1, 0.15) is 23.0 Å². The maximum absolute atomic E-state index is 13.5. The van der Waals surface area contributed by atoms with E-state index in [-0.39, 0.29) is 11.9 Å². The van der Waals surface area contributed by atoms with E-state index in [1.54, 1.807) is 0 Å². The molecule has 1 atom stereocenters. The molecule has 0 spiro atoms. The highest BCUT2D eigenvalue weighted by molar-refractivity contribution is 5.89. The molecule has 0 radical (unpaired) electrons. The molecule has 160 valence electrons. The van der Waals surface area contributed by atoms with Gasteiger partial charge in [-0.15, -0.1) is 0 Å². The first-order chi connectivity index (χ1) is 15.2. The molecular weight excluding hydrogens is 392 g/mol. The summed E-state index contributed by atoms with van der Waals surface area (Å²) in [5, 5.41) is 3.20. The van der Waals surface area contributed by atoms with Gasteiger partial charge in [-0.05, 0) is 31.2 Å². The van der Waals surface area contributed by atoms with Gasteiger partial charge in [0.05, 0.1) is 25.2 Å². The highest BCUT2D eigenvalue weighted by Crippen LogP contribution is 2.44. The Kier molecular flexibility index (Phi) is 5.49. The first-order valence-corrected chi connectivity index (χ1v) is 10.7. The van der Waals surface area contributed by atoms with Crippen molar-refractivity contribution in [3.63, 3.8) is 0 Å². The molecule has 1 N–H and O–H groups in total. The molecule has 0 saturated carbocycles. The Bertz CT molecular complexity index is 1030. The van der Waals surface area contributed by atoms with Gasteiger partial charge >= 0.3 is 0 Å². The van der Waals surface area contributed by atoms with Crippen LogP contribution in [0.5, 0.6) is 11.5 Å². The molecule has 2 aliphatic heterocycles. The summed E-state index contributed by atoms with van der Waals surface area (Å²) >= 11 is 0. The van der Waals surface area contributed by atoms with Gasteiger partial charge in [-0.1, -0.05) is 36.4 Å². The van der Waals surface area contributed by atoms with E-state index in [2.05, 4.69) is 10.2 Å². The Hall–Kier alpha value is -3.09. The Balaban J connectivity index is 1.40. The monoisotopic (exact) mass is 418 g/mol. The lowest BCUT2D eigenvalue weighted by atomic mass is 9.87. The van der Waals surface area contributed by atoms with Crippen molar-refractivity contribution in [1.82, 2.24) is 10.2 Å². The average Bonchev–Trinajstić information content (AvgIpc) is 3.24. The second-order valence-electron chi connectivity index (χ2n) is 7.97. The van der Waals surface area contributed by atoms with Gasteiger partial charge in [-0.2, -0.15) is 0 Å². The van der Waals surface area contributed by atoms with E-state index in [0.29, 0.717) is 19.8 Å². The van der Waals surface area contributed by atoms with Crippen molar-refractivity contribution < 1.29 is 18.7 Å². The first-order valence-electron chi connectivity index (χ1n) is 10.7. The van der Waals surface area contributed by atoms with Gasteiger partial charge in [-0.3, -0.25) is 9.69 Å². The Morgan fingerprint density at radius 2 is 1.65 bits per heavy atom. The molecule has 2 aliphatic rings. The minimum atomic E-state index is -0.412. The van der Waals surface area contributed by atoms with E-state index in [1.807, 2.05) is 67.6 Å². The second kappa shape index (κ2) is 8.57. The average molecular weight is 418 g/mol. The van der Waals surface area contributed by atoms with Crippen LogP contribution in [0.2, 0.25) is 0 Å². The predicted octanol–water partition coefficient (Wildman–Crippen LogP) is 4.02. The number of amides is 1. The lowest BCUT2D eigenvalue weighted by Gasteiger charge is -2.34. The van der Waals surface area contributed by atoms with E-state index in [0.717, 1.165) is 47.2 Å². The molecule has 31 heavy (non-hydrogen) atoms. The van der Waals surface area contributed by atoms with Crippen molar-refractivity contribution >= 4 is 5.91 Å². The molecule has 6 heteroatoms. The van der Waals surface area contributed by atoms with Crippen LogP contribution in [0, 0.1) is 6.92 Å². The number of benzene rings is 2. The normalized spacial score (nSPS) is 17.3. The van der Waals surface area contributed by atoms with Crippen molar-refractivity contribution in [2.24, 2.45) is 0 Å². The number of para-hydroxylation sites is 2. The van der Waals surface area contributed by atoms with Crippen molar-refractivity contribution in [2.45, 2.75) is 18.9 Å². The van der Waals surface area contributed by atoms with E-state index in [4.69, 9.17) is 13.9 Å². The van der Waals surface area contributed by atoms with Crippen LogP contribution in [0.1, 0.15) is 34.6 Å². The summed E-state index contributed by atoms with van der Waals surface area (Å²) in [5.74, 6) is 2.74. The van der Waals surface area contributed by atoms with Crippen LogP contribution in [0.4, 0.5) is 0 Å². The molecule has 0 aliphatic carbocycles. The largest absolute Gasteiger partial charge is 0.465 e. The van der Waals surface area contributed by atoms with E-state index < -0.39 is 5.92 Å². The summed E-state index contributed by atoms with van der Waals surface area (Å²) in [7, 11) is 0. The Morgan fingerprint density at radius 1 is 1.00 bits per heavy atom. The molecule has 1 amide bonds. The number of rotatable bonds is 5. The minimum Gasteiger partial charge on any atom is -0.465 e. The highest BCUT2D eigenvalue weighted by atomic mass is 16.5. The molecule has 2 aromatic carbocycles. The molecular formula is C25H26N2O4. The number of morpholine rings is 1. The zero-order chi connectivity index (χ0) is 21.2. The van der Waals surface area contributed by atoms with E-state index in [1.165, 1.54) is 0 Å². The summed E-state index contributed by atoms with van der Waals surface area (Å²) in [6.45, 7) is 5.39. The Labute approximate surface area is 181 Å². The number of fused-ring (bicyclic) bond motifs is 2.